The lowest BCUT2D eigenvalue weighted by Crippen LogP contribution is -2.47. The highest BCUT2D eigenvalue weighted by molar-refractivity contribution is 7.12. The van der Waals surface area contributed by atoms with Crippen molar-refractivity contribution < 1.29 is 9.59 Å². The summed E-state index contributed by atoms with van der Waals surface area (Å²) >= 11 is 7.49. The first kappa shape index (κ1) is 19.7. The van der Waals surface area contributed by atoms with Crippen LogP contribution in [0.15, 0.2) is 66.0 Å². The van der Waals surface area contributed by atoms with Crippen LogP contribution in [0.1, 0.15) is 41.5 Å². The number of para-hydroxylation sites is 1. The maximum atomic E-state index is 13.2. The number of carbonyl (C=O) groups is 2. The summed E-state index contributed by atoms with van der Waals surface area (Å²) < 4.78 is 0. The fourth-order valence-electron chi connectivity index (χ4n) is 4.04. The van der Waals surface area contributed by atoms with Gasteiger partial charge in [-0.25, -0.2) is 0 Å². The fourth-order valence-corrected chi connectivity index (χ4v) is 4.82. The second kappa shape index (κ2) is 8.01. The first-order valence-electron chi connectivity index (χ1n) is 9.48. The summed E-state index contributed by atoms with van der Waals surface area (Å²) in [6, 6.07) is 18.7. The Morgan fingerprint density at radius 3 is 2.45 bits per heavy atom. The van der Waals surface area contributed by atoms with Crippen LogP contribution >= 0.6 is 22.9 Å². The van der Waals surface area contributed by atoms with Crippen LogP contribution in [0, 0.1) is 0 Å². The first-order valence-corrected chi connectivity index (χ1v) is 10.7. The average Bonchev–Trinajstić information content (AvgIpc) is 3.24. The molecule has 29 heavy (non-hydrogen) atoms. The van der Waals surface area contributed by atoms with Gasteiger partial charge in [0.2, 0.25) is 5.91 Å². The van der Waals surface area contributed by atoms with Crippen molar-refractivity contribution in [2.75, 3.05) is 9.80 Å². The van der Waals surface area contributed by atoms with E-state index < -0.39 is 0 Å². The maximum Gasteiger partial charge on any atom is 0.268 e. The van der Waals surface area contributed by atoms with E-state index in [1.165, 1.54) is 11.3 Å². The second-order valence-corrected chi connectivity index (χ2v) is 8.56. The molecule has 2 amide bonds. The second-order valence-electron chi connectivity index (χ2n) is 7.18. The third-order valence-electron chi connectivity index (χ3n) is 5.27. The third kappa shape index (κ3) is 3.68. The molecule has 2 aromatic carbocycles. The minimum Gasteiger partial charge on any atom is -0.305 e. The van der Waals surface area contributed by atoms with Gasteiger partial charge in [0.05, 0.1) is 10.9 Å². The van der Waals surface area contributed by atoms with E-state index in [0.29, 0.717) is 16.3 Å². The predicted octanol–water partition coefficient (Wildman–Crippen LogP) is 5.93. The molecule has 0 aliphatic carbocycles. The number of carbonyl (C=O) groups excluding carboxylic acids is 2. The van der Waals surface area contributed by atoms with E-state index >= 15 is 0 Å². The molecule has 148 valence electrons. The standard InChI is InChI=1S/C23H21ClN2O2S/c1-15-14-21(26(16(2)27)18-11-9-17(24)10-12-18)19-6-3-4-7-20(19)25(15)23(28)22-8-5-13-29-22/h3-13,15,21H,14H2,1-2H3/t15-,21+/m0/s1. The normalized spacial score (nSPS) is 18.2. The average molecular weight is 425 g/mol. The monoisotopic (exact) mass is 424 g/mol. The number of halogens is 1. The highest BCUT2D eigenvalue weighted by atomic mass is 35.5. The molecular weight excluding hydrogens is 404 g/mol. The van der Waals surface area contributed by atoms with Crippen LogP contribution in [-0.4, -0.2) is 17.9 Å². The quantitative estimate of drug-likeness (QED) is 0.522. The number of hydrogen-bond acceptors (Lipinski definition) is 3. The summed E-state index contributed by atoms with van der Waals surface area (Å²) in [5, 5.41) is 2.54. The molecule has 2 heterocycles. The van der Waals surface area contributed by atoms with E-state index in [-0.39, 0.29) is 23.9 Å². The lowest BCUT2D eigenvalue weighted by atomic mass is 9.89. The molecule has 0 fully saturated rings. The van der Waals surface area contributed by atoms with E-state index in [1.54, 1.807) is 24.0 Å². The molecule has 0 saturated heterocycles. The Labute approximate surface area is 179 Å². The van der Waals surface area contributed by atoms with Crippen LogP contribution in [0.2, 0.25) is 5.02 Å². The summed E-state index contributed by atoms with van der Waals surface area (Å²) in [5.74, 6) is -0.0448. The van der Waals surface area contributed by atoms with Crippen molar-refractivity contribution in [3.8, 4) is 0 Å². The molecule has 0 bridgehead atoms. The van der Waals surface area contributed by atoms with Crippen LogP contribution in [0.5, 0.6) is 0 Å². The molecule has 6 heteroatoms. The Bertz CT molecular complexity index is 1030. The van der Waals surface area contributed by atoms with Crippen molar-refractivity contribution in [1.82, 2.24) is 0 Å². The molecule has 1 aliphatic rings. The maximum absolute atomic E-state index is 13.2. The minimum absolute atomic E-state index is 0.000678. The third-order valence-corrected chi connectivity index (χ3v) is 6.38. The highest BCUT2D eigenvalue weighted by Crippen LogP contribution is 2.43. The van der Waals surface area contributed by atoms with Crippen molar-refractivity contribution >= 4 is 46.1 Å². The number of hydrogen-bond donors (Lipinski definition) is 0. The lowest BCUT2D eigenvalue weighted by molar-refractivity contribution is -0.117. The topological polar surface area (TPSA) is 40.6 Å². The fraction of sp³-hybridized carbons (Fsp3) is 0.217. The molecule has 4 rings (SSSR count). The molecule has 1 aliphatic heterocycles. The summed E-state index contributed by atoms with van der Waals surface area (Å²) in [6.45, 7) is 3.61. The SMILES string of the molecule is CC(=O)N(c1ccc(Cl)cc1)[C@@H]1C[C@H](C)N(C(=O)c2cccs2)c2ccccc21. The van der Waals surface area contributed by atoms with Gasteiger partial charge in [-0.05, 0) is 60.7 Å². The van der Waals surface area contributed by atoms with E-state index in [1.807, 2.05) is 65.7 Å². The van der Waals surface area contributed by atoms with Crippen LogP contribution in [0.3, 0.4) is 0 Å². The number of amides is 2. The Morgan fingerprint density at radius 1 is 1.07 bits per heavy atom. The van der Waals surface area contributed by atoms with Crippen LogP contribution < -0.4 is 9.80 Å². The van der Waals surface area contributed by atoms with Gasteiger partial charge in [-0.3, -0.25) is 9.59 Å². The Kier molecular flexibility index (Phi) is 5.43. The van der Waals surface area contributed by atoms with Gasteiger partial charge in [0.15, 0.2) is 0 Å². The van der Waals surface area contributed by atoms with Gasteiger partial charge in [-0.2, -0.15) is 0 Å². The number of thiophene rings is 1. The molecule has 0 spiro atoms. The number of fused-ring (bicyclic) bond motifs is 1. The summed E-state index contributed by atoms with van der Waals surface area (Å²) in [6.07, 6.45) is 0.649. The Morgan fingerprint density at radius 2 is 1.79 bits per heavy atom. The van der Waals surface area contributed by atoms with Crippen LogP contribution in [0.25, 0.3) is 0 Å². The molecule has 0 unspecified atom stereocenters. The molecule has 1 aromatic heterocycles. The van der Waals surface area contributed by atoms with Crippen LogP contribution in [-0.2, 0) is 4.79 Å². The van der Waals surface area contributed by atoms with E-state index in [0.717, 1.165) is 16.9 Å². The van der Waals surface area contributed by atoms with Crippen molar-refractivity contribution in [2.45, 2.75) is 32.4 Å². The highest BCUT2D eigenvalue weighted by Gasteiger charge is 2.38. The Balaban J connectivity index is 1.79. The van der Waals surface area contributed by atoms with Crippen molar-refractivity contribution in [3.05, 3.63) is 81.5 Å². The van der Waals surface area contributed by atoms with Gasteiger partial charge < -0.3 is 9.80 Å². The molecule has 0 N–H and O–H groups in total. The lowest BCUT2D eigenvalue weighted by Gasteiger charge is -2.43. The van der Waals surface area contributed by atoms with Gasteiger partial charge >= 0.3 is 0 Å². The van der Waals surface area contributed by atoms with Crippen molar-refractivity contribution in [1.29, 1.82) is 0 Å². The summed E-state index contributed by atoms with van der Waals surface area (Å²) in [4.78, 5) is 30.2. The van der Waals surface area contributed by atoms with Gasteiger partial charge in [0.1, 0.15) is 0 Å². The van der Waals surface area contributed by atoms with Crippen LogP contribution in [0.4, 0.5) is 11.4 Å². The molecular formula is C23H21ClN2O2S. The number of rotatable bonds is 3. The van der Waals surface area contributed by atoms with E-state index in [4.69, 9.17) is 11.6 Å². The molecule has 4 nitrogen and oxygen atoms in total. The first-order chi connectivity index (χ1) is 14.0. The van der Waals surface area contributed by atoms with Crippen molar-refractivity contribution in [3.63, 3.8) is 0 Å². The number of anilines is 2. The smallest absolute Gasteiger partial charge is 0.268 e. The van der Waals surface area contributed by atoms with E-state index in [9.17, 15) is 9.59 Å². The number of nitrogens with zero attached hydrogens (tertiary/aromatic N) is 2. The zero-order valence-corrected chi connectivity index (χ0v) is 17.8. The largest absolute Gasteiger partial charge is 0.305 e. The van der Waals surface area contributed by atoms with Gasteiger partial charge in [0, 0.05) is 29.4 Å². The number of benzene rings is 2. The summed E-state index contributed by atoms with van der Waals surface area (Å²) in [5.41, 5.74) is 2.63. The zero-order valence-electron chi connectivity index (χ0n) is 16.2. The van der Waals surface area contributed by atoms with Gasteiger partial charge in [0.25, 0.3) is 5.91 Å². The molecule has 0 saturated carbocycles. The minimum atomic E-state index is -0.160. The van der Waals surface area contributed by atoms with Gasteiger partial charge in [-0.15, -0.1) is 11.3 Å². The Hall–Kier alpha value is -2.63. The summed E-state index contributed by atoms with van der Waals surface area (Å²) in [7, 11) is 0. The van der Waals surface area contributed by atoms with Crippen molar-refractivity contribution in [2.24, 2.45) is 0 Å². The molecule has 3 aromatic rings. The molecule has 0 radical (unpaired) electrons. The molecule has 2 atom stereocenters. The van der Waals surface area contributed by atoms with Gasteiger partial charge in [-0.1, -0.05) is 35.9 Å². The zero-order chi connectivity index (χ0) is 20.5. The van der Waals surface area contributed by atoms with E-state index in [2.05, 4.69) is 0 Å². The predicted molar refractivity (Wildman–Crippen MR) is 119 cm³/mol.